The predicted octanol–water partition coefficient (Wildman–Crippen LogP) is 3.38. The highest BCUT2D eigenvalue weighted by atomic mass is 32.2. The summed E-state index contributed by atoms with van der Waals surface area (Å²) in [5.41, 5.74) is 2.79. The molecule has 2 aromatic rings. The number of piperidine rings is 1. The Morgan fingerprint density at radius 3 is 2.24 bits per heavy atom. The first kappa shape index (κ1) is 17.7. The molecule has 25 heavy (non-hydrogen) atoms. The topological polar surface area (TPSA) is 54.5 Å². The lowest BCUT2D eigenvalue weighted by molar-refractivity contribution is 0.0725. The van der Waals surface area contributed by atoms with Gasteiger partial charge in [0.2, 0.25) is 0 Å². The van der Waals surface area contributed by atoms with Crippen LogP contribution in [0.15, 0.2) is 53.4 Å². The van der Waals surface area contributed by atoms with E-state index in [1.54, 1.807) is 29.2 Å². The molecule has 0 aromatic heterocycles. The second kappa shape index (κ2) is 7.00. The molecule has 1 saturated heterocycles. The van der Waals surface area contributed by atoms with E-state index in [-0.39, 0.29) is 5.91 Å². The van der Waals surface area contributed by atoms with Crippen LogP contribution in [0.25, 0.3) is 0 Å². The molecule has 132 valence electrons. The number of amides is 1. The number of hydrogen-bond acceptors (Lipinski definition) is 3. The molecular weight excluding hydrogens is 334 g/mol. The molecule has 1 amide bonds. The van der Waals surface area contributed by atoms with Gasteiger partial charge in [0.15, 0.2) is 9.84 Å². The Hall–Kier alpha value is -2.14. The normalized spacial score (nSPS) is 16.0. The van der Waals surface area contributed by atoms with Gasteiger partial charge in [-0.05, 0) is 50.5 Å². The van der Waals surface area contributed by atoms with Crippen LogP contribution < -0.4 is 0 Å². The zero-order valence-corrected chi connectivity index (χ0v) is 15.4. The van der Waals surface area contributed by atoms with Gasteiger partial charge in [0.1, 0.15) is 0 Å². The first-order valence-corrected chi connectivity index (χ1v) is 10.1. The number of carbonyl (C=O) groups excluding carboxylic acids is 1. The summed E-state index contributed by atoms with van der Waals surface area (Å²) in [5.74, 6) is -0.00643. The number of likely N-dealkylation sites (tertiary alicyclic amines) is 1. The minimum absolute atomic E-state index is 0.00643. The minimum atomic E-state index is -3.33. The van der Waals surface area contributed by atoms with Crippen LogP contribution in [0.4, 0.5) is 0 Å². The molecule has 4 nitrogen and oxygen atoms in total. The second-order valence-corrected chi connectivity index (χ2v) is 8.90. The van der Waals surface area contributed by atoms with E-state index >= 15 is 0 Å². The standard InChI is InChI=1S/C20H23NO3S/c1-15-8-9-19(16(2)14-15)20(22)21-12-10-18(11-13-21)25(23,24)17-6-4-3-5-7-17/h3-9,14,18H,10-13H2,1-2H3. The van der Waals surface area contributed by atoms with Crippen molar-refractivity contribution < 1.29 is 13.2 Å². The van der Waals surface area contributed by atoms with Gasteiger partial charge < -0.3 is 4.90 Å². The monoisotopic (exact) mass is 357 g/mol. The molecule has 0 radical (unpaired) electrons. The van der Waals surface area contributed by atoms with E-state index in [2.05, 4.69) is 0 Å². The van der Waals surface area contributed by atoms with Crippen molar-refractivity contribution in [3.8, 4) is 0 Å². The maximum atomic E-state index is 12.7. The summed E-state index contributed by atoms with van der Waals surface area (Å²) in [6.45, 7) is 4.89. The molecule has 0 bridgehead atoms. The van der Waals surface area contributed by atoms with Crippen molar-refractivity contribution in [2.24, 2.45) is 0 Å². The van der Waals surface area contributed by atoms with Crippen LogP contribution in [0, 0.1) is 13.8 Å². The van der Waals surface area contributed by atoms with E-state index in [1.807, 2.05) is 38.1 Å². The van der Waals surface area contributed by atoms with Crippen LogP contribution in [0.2, 0.25) is 0 Å². The third-order valence-corrected chi connectivity index (χ3v) is 7.13. The minimum Gasteiger partial charge on any atom is -0.339 e. The maximum absolute atomic E-state index is 12.7. The van der Waals surface area contributed by atoms with E-state index in [4.69, 9.17) is 0 Å². The van der Waals surface area contributed by atoms with E-state index in [1.165, 1.54) is 0 Å². The fourth-order valence-corrected chi connectivity index (χ4v) is 5.15. The van der Waals surface area contributed by atoms with Crippen LogP contribution in [0.5, 0.6) is 0 Å². The average Bonchev–Trinajstić information content (AvgIpc) is 2.62. The average molecular weight is 357 g/mol. The van der Waals surface area contributed by atoms with Crippen LogP contribution in [0.3, 0.4) is 0 Å². The number of sulfone groups is 1. The molecule has 5 heteroatoms. The van der Waals surface area contributed by atoms with Gasteiger partial charge in [0, 0.05) is 18.7 Å². The van der Waals surface area contributed by atoms with Crippen molar-refractivity contribution >= 4 is 15.7 Å². The SMILES string of the molecule is Cc1ccc(C(=O)N2CCC(S(=O)(=O)c3ccccc3)CC2)c(C)c1. The number of carbonyl (C=O) groups is 1. The summed E-state index contributed by atoms with van der Waals surface area (Å²) < 4.78 is 25.4. The van der Waals surface area contributed by atoms with Gasteiger partial charge in [-0.15, -0.1) is 0 Å². The van der Waals surface area contributed by atoms with Gasteiger partial charge in [0.05, 0.1) is 10.1 Å². The summed E-state index contributed by atoms with van der Waals surface area (Å²) in [6.07, 6.45) is 0.960. The summed E-state index contributed by atoms with van der Waals surface area (Å²) in [6, 6.07) is 14.4. The van der Waals surface area contributed by atoms with E-state index in [9.17, 15) is 13.2 Å². The van der Waals surface area contributed by atoms with Crippen molar-refractivity contribution in [1.82, 2.24) is 4.90 Å². The predicted molar refractivity (Wildman–Crippen MR) is 98.5 cm³/mol. The number of aryl methyl sites for hydroxylation is 2. The number of hydrogen-bond donors (Lipinski definition) is 0. The third-order valence-electron chi connectivity index (χ3n) is 4.85. The van der Waals surface area contributed by atoms with Crippen LogP contribution in [-0.2, 0) is 9.84 Å². The molecule has 1 aliphatic rings. The summed E-state index contributed by atoms with van der Waals surface area (Å²) in [5, 5.41) is -0.418. The molecule has 0 N–H and O–H groups in total. The highest BCUT2D eigenvalue weighted by Gasteiger charge is 2.33. The maximum Gasteiger partial charge on any atom is 0.254 e. The molecule has 0 unspecified atom stereocenters. The zero-order valence-electron chi connectivity index (χ0n) is 14.6. The van der Waals surface area contributed by atoms with E-state index in [0.717, 1.165) is 11.1 Å². The van der Waals surface area contributed by atoms with Crippen molar-refractivity contribution in [1.29, 1.82) is 0 Å². The Kier molecular flexibility index (Phi) is 4.95. The number of benzene rings is 2. The lowest BCUT2D eigenvalue weighted by Crippen LogP contribution is -2.42. The molecule has 0 saturated carbocycles. The van der Waals surface area contributed by atoms with Gasteiger partial charge in [-0.2, -0.15) is 0 Å². The molecule has 2 aromatic carbocycles. The molecule has 1 fully saturated rings. The van der Waals surface area contributed by atoms with Crippen LogP contribution in [-0.4, -0.2) is 37.6 Å². The molecular formula is C20H23NO3S. The molecule has 0 aliphatic carbocycles. The van der Waals surface area contributed by atoms with Gasteiger partial charge >= 0.3 is 0 Å². The van der Waals surface area contributed by atoms with E-state index < -0.39 is 15.1 Å². The van der Waals surface area contributed by atoms with Gasteiger partial charge in [0.25, 0.3) is 5.91 Å². The third kappa shape index (κ3) is 3.61. The molecule has 1 heterocycles. The first-order valence-electron chi connectivity index (χ1n) is 8.55. The van der Waals surface area contributed by atoms with Gasteiger partial charge in [-0.1, -0.05) is 35.9 Å². The van der Waals surface area contributed by atoms with Crippen molar-refractivity contribution in [2.45, 2.75) is 36.8 Å². The van der Waals surface area contributed by atoms with Crippen LogP contribution >= 0.6 is 0 Å². The van der Waals surface area contributed by atoms with Crippen LogP contribution in [0.1, 0.15) is 34.3 Å². The van der Waals surface area contributed by atoms with Crippen molar-refractivity contribution in [3.63, 3.8) is 0 Å². The molecule has 0 spiro atoms. The second-order valence-electron chi connectivity index (χ2n) is 6.67. The summed E-state index contributed by atoms with van der Waals surface area (Å²) >= 11 is 0. The quantitative estimate of drug-likeness (QED) is 0.846. The Morgan fingerprint density at radius 2 is 1.64 bits per heavy atom. The summed E-state index contributed by atoms with van der Waals surface area (Å²) in [4.78, 5) is 14.9. The Bertz CT molecular complexity index is 867. The van der Waals surface area contributed by atoms with Crippen molar-refractivity contribution in [2.75, 3.05) is 13.1 Å². The fourth-order valence-electron chi connectivity index (χ4n) is 3.40. The lowest BCUT2D eigenvalue weighted by atomic mass is 10.0. The molecule has 3 rings (SSSR count). The lowest BCUT2D eigenvalue weighted by Gasteiger charge is -2.32. The highest BCUT2D eigenvalue weighted by Crippen LogP contribution is 2.25. The molecule has 0 atom stereocenters. The Balaban J connectivity index is 1.70. The largest absolute Gasteiger partial charge is 0.339 e. The van der Waals surface area contributed by atoms with Gasteiger partial charge in [-0.25, -0.2) is 8.42 Å². The fraction of sp³-hybridized carbons (Fsp3) is 0.350. The highest BCUT2D eigenvalue weighted by molar-refractivity contribution is 7.92. The number of rotatable bonds is 3. The van der Waals surface area contributed by atoms with Crippen molar-refractivity contribution in [3.05, 3.63) is 65.2 Å². The van der Waals surface area contributed by atoms with Gasteiger partial charge in [-0.3, -0.25) is 4.79 Å². The Labute approximate surface area is 149 Å². The zero-order chi connectivity index (χ0) is 18.0. The molecule has 1 aliphatic heterocycles. The Morgan fingerprint density at radius 1 is 1.00 bits per heavy atom. The number of nitrogens with zero attached hydrogens (tertiary/aromatic N) is 1. The first-order chi connectivity index (χ1) is 11.9. The smallest absolute Gasteiger partial charge is 0.254 e. The van der Waals surface area contributed by atoms with E-state index in [0.29, 0.717) is 36.4 Å². The summed E-state index contributed by atoms with van der Waals surface area (Å²) in [7, 11) is -3.33.